The Labute approximate surface area is 152 Å². The summed E-state index contributed by atoms with van der Waals surface area (Å²) in [5, 5.41) is 9.89. The van der Waals surface area contributed by atoms with Gasteiger partial charge in [0, 0.05) is 33.5 Å². The van der Waals surface area contributed by atoms with Gasteiger partial charge in [0.2, 0.25) is 0 Å². The Morgan fingerprint density at radius 1 is 1.19 bits per heavy atom. The van der Waals surface area contributed by atoms with Crippen LogP contribution < -0.4 is 0 Å². The van der Waals surface area contributed by atoms with E-state index < -0.39 is 42.1 Å². The summed E-state index contributed by atoms with van der Waals surface area (Å²) >= 11 is 0. The zero-order valence-corrected chi connectivity index (χ0v) is 15.3. The third-order valence-corrected chi connectivity index (χ3v) is 5.85. The van der Waals surface area contributed by atoms with Crippen molar-refractivity contribution in [2.24, 2.45) is 5.92 Å². The number of carbonyl (C=O) groups excluding carboxylic acids is 3. The van der Waals surface area contributed by atoms with Crippen molar-refractivity contribution in [2.45, 2.75) is 32.1 Å². The van der Waals surface area contributed by atoms with Crippen LogP contribution in [0.3, 0.4) is 0 Å². The summed E-state index contributed by atoms with van der Waals surface area (Å²) in [5.74, 6) is -2.28. The van der Waals surface area contributed by atoms with E-state index in [1.165, 1.54) is 13.8 Å². The van der Waals surface area contributed by atoms with Gasteiger partial charge in [-0.15, -0.1) is 0 Å². The molecule has 1 N–H and O–H groups in total. The molecule has 26 heavy (non-hydrogen) atoms. The molecule has 2 bridgehead atoms. The molecule has 0 aromatic rings. The van der Waals surface area contributed by atoms with Crippen LogP contribution in [0, 0.1) is 5.92 Å². The molecule has 0 spiro atoms. The number of rotatable bonds is 5. The van der Waals surface area contributed by atoms with Gasteiger partial charge in [-0.1, -0.05) is 0 Å². The molecule has 0 unspecified atom stereocenters. The first-order valence-corrected chi connectivity index (χ1v) is 9.06. The Kier molecular flexibility index (Phi) is 5.50. The fourth-order valence-electron chi connectivity index (χ4n) is 4.57. The van der Waals surface area contributed by atoms with E-state index in [9.17, 15) is 19.5 Å². The lowest BCUT2D eigenvalue weighted by atomic mass is 9.84. The SMILES string of the molecule is CC(=O)OC[C@H]1OC(=O)[C@H](CO)[C@H]([N+]23CCN(CC2)CC3)[C@@H]1OC(C)=O. The summed E-state index contributed by atoms with van der Waals surface area (Å²) in [6, 6.07) is -0.409. The molecule has 4 aliphatic heterocycles. The minimum Gasteiger partial charge on any atom is -0.462 e. The summed E-state index contributed by atoms with van der Waals surface area (Å²) < 4.78 is 16.6. The standard InChI is InChI=1S/C17H27N2O7/c1-11(21)24-10-14-16(25-12(2)22)15(13(9-20)17(23)26-14)19-6-3-18(4-7-19)5-8-19/h13-16,20H,3-10H2,1-2H3/q+1/t13-,14-,15+,16-/m1/s1. The number of carbonyl (C=O) groups is 3. The highest BCUT2D eigenvalue weighted by atomic mass is 16.6. The molecule has 0 amide bonds. The van der Waals surface area contributed by atoms with Gasteiger partial charge in [0.1, 0.15) is 18.6 Å². The van der Waals surface area contributed by atoms with Gasteiger partial charge in [0.25, 0.3) is 0 Å². The van der Waals surface area contributed by atoms with Crippen molar-refractivity contribution in [3.63, 3.8) is 0 Å². The van der Waals surface area contributed by atoms with Crippen LogP contribution in [0.15, 0.2) is 0 Å². The predicted octanol–water partition coefficient (Wildman–Crippen LogP) is -1.47. The highest BCUT2D eigenvalue weighted by molar-refractivity contribution is 5.75. The molecular weight excluding hydrogens is 344 g/mol. The molecule has 9 nitrogen and oxygen atoms in total. The molecule has 4 fully saturated rings. The lowest BCUT2D eigenvalue weighted by Gasteiger charge is -2.58. The van der Waals surface area contributed by atoms with Gasteiger partial charge in [-0.05, 0) is 0 Å². The summed E-state index contributed by atoms with van der Waals surface area (Å²) in [6.07, 6.45) is -1.62. The molecule has 9 heteroatoms. The van der Waals surface area contributed by atoms with E-state index in [1.807, 2.05) is 0 Å². The Balaban J connectivity index is 1.94. The van der Waals surface area contributed by atoms with Crippen molar-refractivity contribution in [2.75, 3.05) is 52.5 Å². The summed E-state index contributed by atoms with van der Waals surface area (Å²) in [4.78, 5) is 37.9. The van der Waals surface area contributed by atoms with Crippen molar-refractivity contribution in [3.05, 3.63) is 0 Å². The van der Waals surface area contributed by atoms with Crippen molar-refractivity contribution in [3.8, 4) is 0 Å². The Morgan fingerprint density at radius 2 is 1.81 bits per heavy atom. The molecule has 0 radical (unpaired) electrons. The second kappa shape index (κ2) is 7.50. The highest BCUT2D eigenvalue weighted by Crippen LogP contribution is 2.36. The normalized spacial score (nSPS) is 39.2. The number of esters is 3. The summed E-state index contributed by atoms with van der Waals surface area (Å²) in [6.45, 7) is 7.24. The topological polar surface area (TPSA) is 102 Å². The first-order chi connectivity index (χ1) is 12.4. The average molecular weight is 371 g/mol. The van der Waals surface area contributed by atoms with Gasteiger partial charge in [-0.2, -0.15) is 0 Å². The van der Waals surface area contributed by atoms with Gasteiger partial charge >= 0.3 is 17.9 Å². The largest absolute Gasteiger partial charge is 0.462 e. The van der Waals surface area contributed by atoms with Crippen LogP contribution in [0.1, 0.15) is 13.8 Å². The maximum absolute atomic E-state index is 12.6. The van der Waals surface area contributed by atoms with E-state index in [0.29, 0.717) is 4.48 Å². The number of hydrogen-bond acceptors (Lipinski definition) is 8. The maximum atomic E-state index is 12.6. The molecule has 0 aromatic carbocycles. The van der Waals surface area contributed by atoms with Crippen LogP contribution in [0.2, 0.25) is 0 Å². The molecule has 0 aromatic heterocycles. The lowest BCUT2D eigenvalue weighted by Crippen LogP contribution is -2.77. The van der Waals surface area contributed by atoms with Crippen LogP contribution in [0.4, 0.5) is 0 Å². The Bertz CT molecular complexity index is 560. The molecule has 146 valence electrons. The number of hydrogen-bond donors (Lipinski definition) is 1. The van der Waals surface area contributed by atoms with Gasteiger partial charge < -0.3 is 23.8 Å². The van der Waals surface area contributed by atoms with E-state index in [4.69, 9.17) is 14.2 Å². The van der Waals surface area contributed by atoms with Crippen LogP contribution in [0.25, 0.3) is 0 Å². The van der Waals surface area contributed by atoms with Gasteiger partial charge in [-0.25, -0.2) is 0 Å². The van der Waals surface area contributed by atoms with E-state index in [2.05, 4.69) is 4.90 Å². The minimum absolute atomic E-state index is 0.167. The Hall–Kier alpha value is -1.71. The first kappa shape index (κ1) is 19.1. The molecule has 0 aliphatic carbocycles. The predicted molar refractivity (Wildman–Crippen MR) is 87.7 cm³/mol. The van der Waals surface area contributed by atoms with Gasteiger partial charge in [0.15, 0.2) is 12.2 Å². The minimum atomic E-state index is -0.865. The van der Waals surface area contributed by atoms with E-state index in [0.717, 1.165) is 39.3 Å². The third-order valence-electron chi connectivity index (χ3n) is 5.85. The third kappa shape index (κ3) is 3.56. The molecule has 4 rings (SSSR count). The fourth-order valence-corrected chi connectivity index (χ4v) is 4.57. The van der Waals surface area contributed by atoms with Crippen molar-refractivity contribution in [1.82, 2.24) is 4.90 Å². The van der Waals surface area contributed by atoms with Crippen LogP contribution in [0.5, 0.6) is 0 Å². The van der Waals surface area contributed by atoms with E-state index in [1.54, 1.807) is 0 Å². The summed E-state index contributed by atoms with van der Waals surface area (Å²) in [5.41, 5.74) is 0. The monoisotopic (exact) mass is 371 g/mol. The summed E-state index contributed by atoms with van der Waals surface area (Å²) in [7, 11) is 0. The van der Waals surface area contributed by atoms with Crippen LogP contribution >= 0.6 is 0 Å². The lowest BCUT2D eigenvalue weighted by molar-refractivity contribution is -0.969. The number of nitrogens with zero attached hydrogens (tertiary/aromatic N) is 2. The highest BCUT2D eigenvalue weighted by Gasteiger charge is 2.59. The second-order valence-electron chi connectivity index (χ2n) is 7.36. The number of quaternary nitrogens is 1. The zero-order valence-electron chi connectivity index (χ0n) is 15.3. The van der Waals surface area contributed by atoms with Crippen LogP contribution in [-0.2, 0) is 28.6 Å². The molecule has 4 saturated heterocycles. The van der Waals surface area contributed by atoms with Crippen LogP contribution in [-0.4, -0.2) is 103 Å². The molecule has 0 saturated carbocycles. The second-order valence-corrected chi connectivity index (χ2v) is 7.36. The Morgan fingerprint density at radius 3 is 2.31 bits per heavy atom. The molecule has 4 heterocycles. The van der Waals surface area contributed by atoms with Gasteiger partial charge in [0.05, 0.1) is 26.2 Å². The zero-order chi connectivity index (χ0) is 18.9. The number of aliphatic hydroxyl groups is 1. The number of aliphatic hydroxyl groups excluding tert-OH is 1. The number of cyclic esters (lactones) is 1. The van der Waals surface area contributed by atoms with Gasteiger partial charge in [-0.3, -0.25) is 19.3 Å². The number of piperazine rings is 3. The maximum Gasteiger partial charge on any atom is 0.318 e. The van der Waals surface area contributed by atoms with E-state index >= 15 is 0 Å². The quantitative estimate of drug-likeness (QED) is 0.355. The molecule has 4 atom stereocenters. The van der Waals surface area contributed by atoms with Crippen molar-refractivity contribution < 1.29 is 38.2 Å². The molecule has 4 aliphatic rings. The van der Waals surface area contributed by atoms with Crippen molar-refractivity contribution >= 4 is 17.9 Å². The van der Waals surface area contributed by atoms with Crippen molar-refractivity contribution in [1.29, 1.82) is 0 Å². The van der Waals surface area contributed by atoms with E-state index in [-0.39, 0.29) is 13.2 Å². The first-order valence-electron chi connectivity index (χ1n) is 9.06. The average Bonchev–Trinajstić information content (AvgIpc) is 2.62. The number of fused-ring (bicyclic) bond motifs is 3. The smallest absolute Gasteiger partial charge is 0.318 e. The molecular formula is C17H27N2O7+. The number of ether oxygens (including phenoxy) is 3. The fraction of sp³-hybridized carbons (Fsp3) is 0.824.